The van der Waals surface area contributed by atoms with Gasteiger partial charge in [0.1, 0.15) is 11.5 Å². The number of benzene rings is 1. The first-order chi connectivity index (χ1) is 13.2. The van der Waals surface area contributed by atoms with Gasteiger partial charge in [-0.25, -0.2) is 4.79 Å². The molecule has 0 N–H and O–H groups in total. The lowest BCUT2D eigenvalue weighted by atomic mass is 10.2. The molecule has 0 aliphatic heterocycles. The van der Waals surface area contributed by atoms with Gasteiger partial charge in [0, 0.05) is 0 Å². The first-order valence-electron chi connectivity index (χ1n) is 10.4. The van der Waals surface area contributed by atoms with E-state index in [1.807, 2.05) is 57.5 Å². The van der Waals surface area contributed by atoms with E-state index in [2.05, 4.69) is 39.3 Å². The zero-order valence-electron chi connectivity index (χ0n) is 20.9. The molecule has 1 aromatic rings. The van der Waals surface area contributed by atoms with Gasteiger partial charge in [-0.15, -0.1) is 0 Å². The first kappa shape index (κ1) is 26.7. The molecule has 0 spiro atoms. The SMILES string of the molecule is C[Si](C)(C)OC(=O)/C(=C\c1ccc(O[Si](C)(C)C)c(O[Si](C)(C)C)c1)O[Si](C)(C)C. The summed E-state index contributed by atoms with van der Waals surface area (Å²) in [5.41, 5.74) is 0.826. The molecule has 9 heteroatoms. The van der Waals surface area contributed by atoms with Gasteiger partial charge in [-0.3, -0.25) is 0 Å². The average molecular weight is 485 g/mol. The number of hydrogen-bond acceptors (Lipinski definition) is 5. The number of carbonyl (C=O) groups excluding carboxylic acids is 1. The first-order valence-corrected chi connectivity index (χ1v) is 24.0. The number of rotatable bonds is 9. The average Bonchev–Trinajstić information content (AvgIpc) is 2.43. The van der Waals surface area contributed by atoms with Crippen molar-refractivity contribution in [3.63, 3.8) is 0 Å². The van der Waals surface area contributed by atoms with E-state index in [4.69, 9.17) is 17.7 Å². The van der Waals surface area contributed by atoms with Crippen LogP contribution in [0.2, 0.25) is 78.6 Å². The van der Waals surface area contributed by atoms with E-state index in [0.29, 0.717) is 0 Å². The number of carbonyl (C=O) groups is 1. The van der Waals surface area contributed by atoms with Crippen LogP contribution < -0.4 is 8.85 Å². The molecular weight excluding hydrogens is 445 g/mol. The molecule has 0 amide bonds. The third-order valence-electron chi connectivity index (χ3n) is 3.11. The van der Waals surface area contributed by atoms with Crippen molar-refractivity contribution in [2.24, 2.45) is 0 Å². The summed E-state index contributed by atoms with van der Waals surface area (Å²) >= 11 is 0. The van der Waals surface area contributed by atoms with Crippen LogP contribution in [0.25, 0.3) is 6.08 Å². The lowest BCUT2D eigenvalue weighted by molar-refractivity contribution is -0.133. The molecule has 0 aliphatic rings. The third kappa shape index (κ3) is 11.2. The zero-order valence-corrected chi connectivity index (χ0v) is 24.9. The van der Waals surface area contributed by atoms with Crippen molar-refractivity contribution in [2.75, 3.05) is 0 Å². The summed E-state index contributed by atoms with van der Waals surface area (Å²) in [6.07, 6.45) is 1.76. The summed E-state index contributed by atoms with van der Waals surface area (Å²) in [4.78, 5) is 12.8. The van der Waals surface area contributed by atoms with Crippen LogP contribution >= 0.6 is 0 Å². The fourth-order valence-electron chi connectivity index (χ4n) is 2.38. The van der Waals surface area contributed by atoms with Crippen LogP contribution in [0.1, 0.15) is 5.56 Å². The van der Waals surface area contributed by atoms with Crippen LogP contribution in [0.15, 0.2) is 24.0 Å². The maximum absolute atomic E-state index is 12.8. The molecule has 0 bridgehead atoms. The molecule has 5 nitrogen and oxygen atoms in total. The Bertz CT molecular complexity index is 779. The molecule has 0 aliphatic carbocycles. The maximum atomic E-state index is 12.8. The fraction of sp³-hybridized carbons (Fsp3) is 0.571. The fourth-order valence-corrected chi connectivity index (χ4v) is 5.48. The van der Waals surface area contributed by atoms with Crippen LogP contribution in [-0.2, 0) is 13.6 Å². The predicted molar refractivity (Wildman–Crippen MR) is 136 cm³/mol. The smallest absolute Gasteiger partial charge is 0.358 e. The molecule has 0 heterocycles. The van der Waals surface area contributed by atoms with Crippen LogP contribution in [0.4, 0.5) is 0 Å². The summed E-state index contributed by atoms with van der Waals surface area (Å²) < 4.78 is 24.3. The molecule has 30 heavy (non-hydrogen) atoms. The van der Waals surface area contributed by atoms with E-state index in [1.54, 1.807) is 6.08 Å². The normalized spacial score (nSPS) is 13.7. The lowest BCUT2D eigenvalue weighted by Crippen LogP contribution is -2.34. The Balaban J connectivity index is 3.43. The van der Waals surface area contributed by atoms with E-state index in [1.165, 1.54) is 0 Å². The Labute approximate surface area is 187 Å². The van der Waals surface area contributed by atoms with Crippen LogP contribution in [0, 0.1) is 0 Å². The van der Waals surface area contributed by atoms with Crippen molar-refractivity contribution in [3.05, 3.63) is 29.5 Å². The summed E-state index contributed by atoms with van der Waals surface area (Å²) in [5, 5.41) is 0. The largest absolute Gasteiger partial charge is 0.542 e. The van der Waals surface area contributed by atoms with Gasteiger partial charge in [0.25, 0.3) is 0 Å². The molecule has 0 aromatic heterocycles. The van der Waals surface area contributed by atoms with E-state index in [-0.39, 0.29) is 5.76 Å². The summed E-state index contributed by atoms with van der Waals surface area (Å²) in [6.45, 7) is 24.9. The monoisotopic (exact) mass is 484 g/mol. The van der Waals surface area contributed by atoms with Crippen LogP contribution in [0.5, 0.6) is 11.5 Å². The minimum Gasteiger partial charge on any atom is -0.542 e. The van der Waals surface area contributed by atoms with Gasteiger partial charge in [-0.05, 0) is 102 Å². The van der Waals surface area contributed by atoms with Crippen LogP contribution in [0.3, 0.4) is 0 Å². The van der Waals surface area contributed by atoms with E-state index >= 15 is 0 Å². The minimum absolute atomic E-state index is 0.259. The standard InChI is InChI=1S/C21H40O5Si4/c1-27(2,3)23-18-14-13-17(15-19(18)24-28(4,5)6)16-20(25-29(7,8)9)21(22)26-30(10,11)12/h13-16H,1-12H3/b20-16+. The van der Waals surface area contributed by atoms with Gasteiger partial charge in [0.15, 0.2) is 5.76 Å². The Kier molecular flexibility index (Phi) is 8.42. The topological polar surface area (TPSA) is 54.0 Å². The van der Waals surface area contributed by atoms with E-state index < -0.39 is 39.2 Å². The molecular formula is C21H40O5Si4. The Morgan fingerprint density at radius 2 is 1.13 bits per heavy atom. The predicted octanol–water partition coefficient (Wildman–Crippen LogP) is 6.68. The van der Waals surface area contributed by atoms with Gasteiger partial charge in [0.05, 0.1) is 0 Å². The second kappa shape index (κ2) is 9.45. The quantitative estimate of drug-likeness (QED) is 0.222. The Morgan fingerprint density at radius 1 is 0.667 bits per heavy atom. The van der Waals surface area contributed by atoms with Gasteiger partial charge < -0.3 is 17.7 Å². The second-order valence-electron chi connectivity index (χ2n) is 11.4. The molecule has 1 rings (SSSR count). The van der Waals surface area contributed by atoms with E-state index in [0.717, 1.165) is 17.1 Å². The zero-order chi connectivity index (χ0) is 23.5. The molecule has 0 atom stereocenters. The molecule has 0 saturated heterocycles. The second-order valence-corrected chi connectivity index (χ2v) is 29.1. The molecule has 170 valence electrons. The van der Waals surface area contributed by atoms with Crippen molar-refractivity contribution >= 4 is 45.3 Å². The van der Waals surface area contributed by atoms with E-state index in [9.17, 15) is 4.79 Å². The summed E-state index contributed by atoms with van der Waals surface area (Å²) in [5.74, 6) is 1.34. The highest BCUT2D eigenvalue weighted by Crippen LogP contribution is 2.33. The number of hydrogen-bond donors (Lipinski definition) is 0. The van der Waals surface area contributed by atoms with Crippen molar-refractivity contribution < 1.29 is 22.5 Å². The van der Waals surface area contributed by atoms with Crippen molar-refractivity contribution in [3.8, 4) is 11.5 Å². The van der Waals surface area contributed by atoms with Gasteiger partial charge in [0.2, 0.25) is 33.3 Å². The molecule has 1 aromatic carbocycles. The highest BCUT2D eigenvalue weighted by Gasteiger charge is 2.28. The highest BCUT2D eigenvalue weighted by atomic mass is 28.4. The molecule has 0 fully saturated rings. The lowest BCUT2D eigenvalue weighted by Gasteiger charge is -2.26. The highest BCUT2D eigenvalue weighted by molar-refractivity contribution is 6.72. The Hall–Kier alpha value is -1.30. The molecule has 0 unspecified atom stereocenters. The van der Waals surface area contributed by atoms with Crippen molar-refractivity contribution in [1.29, 1.82) is 0 Å². The van der Waals surface area contributed by atoms with Crippen molar-refractivity contribution in [1.82, 2.24) is 0 Å². The Morgan fingerprint density at radius 3 is 1.57 bits per heavy atom. The van der Waals surface area contributed by atoms with Crippen molar-refractivity contribution in [2.45, 2.75) is 78.6 Å². The van der Waals surface area contributed by atoms with Gasteiger partial charge in [-0.2, -0.15) is 0 Å². The maximum Gasteiger partial charge on any atom is 0.358 e. The van der Waals surface area contributed by atoms with Gasteiger partial charge in [-0.1, -0.05) is 6.07 Å². The minimum atomic E-state index is -2.04. The van der Waals surface area contributed by atoms with Crippen LogP contribution in [-0.4, -0.2) is 39.2 Å². The molecule has 0 saturated carbocycles. The summed E-state index contributed by atoms with van der Waals surface area (Å²) in [7, 11) is -7.70. The van der Waals surface area contributed by atoms with Gasteiger partial charge >= 0.3 is 5.97 Å². The summed E-state index contributed by atoms with van der Waals surface area (Å²) in [6, 6.07) is 5.79. The third-order valence-corrected chi connectivity index (χ3v) is 6.41. The molecule has 0 radical (unpaired) electrons.